The lowest BCUT2D eigenvalue weighted by molar-refractivity contribution is -0.203. The lowest BCUT2D eigenvalue weighted by Crippen LogP contribution is -2.65. The first-order valence-corrected chi connectivity index (χ1v) is 20.3. The van der Waals surface area contributed by atoms with Gasteiger partial charge in [0.15, 0.2) is 0 Å². The number of β-lactam (4-membered cyclic amide) rings is 1. The quantitative estimate of drug-likeness (QED) is 0.0578. The Balaban J connectivity index is 1.67. The molecule has 5 atom stereocenters. The molecule has 1 saturated heterocycles. The number of hydrogen-bond donors (Lipinski definition) is 7. The second kappa shape index (κ2) is 24.0. The van der Waals surface area contributed by atoms with Crippen LogP contribution in [0.15, 0.2) is 48.5 Å². The van der Waals surface area contributed by atoms with Crippen molar-refractivity contribution in [1.29, 1.82) is 0 Å². The van der Waals surface area contributed by atoms with Crippen LogP contribution >= 0.6 is 0 Å². The van der Waals surface area contributed by atoms with E-state index >= 15 is 0 Å². The molecule has 1 heterocycles. The van der Waals surface area contributed by atoms with Crippen molar-refractivity contribution < 1.29 is 33.6 Å². The molecule has 15 heteroatoms. The molecule has 0 aromatic heterocycles. The molecule has 2 aromatic rings. The van der Waals surface area contributed by atoms with Gasteiger partial charge in [-0.2, -0.15) is 0 Å². The summed E-state index contributed by atoms with van der Waals surface area (Å²) >= 11 is 0. The second-order valence-corrected chi connectivity index (χ2v) is 15.1. The van der Waals surface area contributed by atoms with Crippen LogP contribution in [0.4, 0.5) is 0 Å². The molecule has 0 bridgehead atoms. The molecule has 314 valence electrons. The highest BCUT2D eigenvalue weighted by atomic mass is 16.7. The van der Waals surface area contributed by atoms with E-state index in [9.17, 15) is 28.8 Å². The van der Waals surface area contributed by atoms with Crippen molar-refractivity contribution in [2.75, 3.05) is 26.7 Å². The molecule has 1 fully saturated rings. The van der Waals surface area contributed by atoms with Crippen LogP contribution in [0, 0.1) is 5.92 Å². The number of carbonyl (C=O) groups excluding carboxylic acids is 6. The topological polar surface area (TPSA) is 227 Å². The first kappa shape index (κ1) is 46.5. The van der Waals surface area contributed by atoms with Gasteiger partial charge >= 0.3 is 0 Å². The Labute approximate surface area is 337 Å². The van der Waals surface area contributed by atoms with Crippen LogP contribution < -0.4 is 38.1 Å². The van der Waals surface area contributed by atoms with Crippen molar-refractivity contribution in [2.24, 2.45) is 17.4 Å². The van der Waals surface area contributed by atoms with Gasteiger partial charge < -0.3 is 38.1 Å². The summed E-state index contributed by atoms with van der Waals surface area (Å²) in [6.07, 6.45) is 6.45. The molecule has 0 unspecified atom stereocenters. The predicted octanol–water partition coefficient (Wildman–Crippen LogP) is 2.46. The van der Waals surface area contributed by atoms with Crippen molar-refractivity contribution >= 4 is 35.4 Å². The van der Waals surface area contributed by atoms with E-state index in [-0.39, 0.29) is 18.9 Å². The lowest BCUT2D eigenvalue weighted by Gasteiger charge is -2.37. The Kier molecular flexibility index (Phi) is 19.6. The van der Waals surface area contributed by atoms with Crippen LogP contribution in [-0.4, -0.2) is 97.5 Å². The summed E-state index contributed by atoms with van der Waals surface area (Å²) < 4.78 is 0. The fraction of sp³-hybridized carbons (Fsp3) is 0.571. The van der Waals surface area contributed by atoms with Crippen LogP contribution in [0.3, 0.4) is 0 Å². The van der Waals surface area contributed by atoms with Gasteiger partial charge in [-0.05, 0) is 113 Å². The number of amides is 6. The number of hydrogen-bond acceptors (Lipinski definition) is 9. The maximum atomic E-state index is 13.8. The van der Waals surface area contributed by atoms with E-state index in [4.69, 9.17) is 16.3 Å². The minimum absolute atomic E-state index is 0.0244. The van der Waals surface area contributed by atoms with E-state index in [1.165, 1.54) is 19.6 Å². The monoisotopic (exact) mass is 792 g/mol. The molecule has 6 amide bonds. The van der Waals surface area contributed by atoms with E-state index in [0.29, 0.717) is 57.2 Å². The molecule has 0 radical (unpaired) electrons. The van der Waals surface area contributed by atoms with Crippen LogP contribution in [0.1, 0.15) is 101 Å². The largest absolute Gasteiger partial charge is 0.343 e. The SMILES string of the molecule is CCCCc1ccc(-c2ccc(C(=O)N[C@@H](CCCCN)C(=O)N[C@@H](CCCCN)C(=O)N[C@@H](C)C(=O)N[C@@H](CC(C)C)C(=O)N[C@@H]3CN(OC)C3=O)cc2)cc1. The highest BCUT2D eigenvalue weighted by Gasteiger charge is 2.40. The van der Waals surface area contributed by atoms with E-state index in [1.54, 1.807) is 12.1 Å². The van der Waals surface area contributed by atoms with Gasteiger partial charge in [0.25, 0.3) is 11.8 Å². The summed E-state index contributed by atoms with van der Waals surface area (Å²) in [6, 6.07) is 10.8. The van der Waals surface area contributed by atoms with Crippen LogP contribution in [0.25, 0.3) is 11.1 Å². The normalized spacial score (nSPS) is 15.8. The van der Waals surface area contributed by atoms with Crippen molar-refractivity contribution in [1.82, 2.24) is 31.6 Å². The van der Waals surface area contributed by atoms with Crippen molar-refractivity contribution in [3.63, 3.8) is 0 Å². The first-order chi connectivity index (χ1) is 27.3. The third-order valence-electron chi connectivity index (χ3n) is 9.92. The molecular formula is C42H64N8O7. The number of rotatable bonds is 25. The van der Waals surface area contributed by atoms with E-state index in [1.807, 2.05) is 26.0 Å². The average Bonchev–Trinajstić information content (AvgIpc) is 3.20. The Hall–Kier alpha value is -4.86. The first-order valence-electron chi connectivity index (χ1n) is 20.3. The third kappa shape index (κ3) is 14.9. The van der Waals surface area contributed by atoms with Gasteiger partial charge in [0.2, 0.25) is 23.6 Å². The maximum Gasteiger partial charge on any atom is 0.270 e. The van der Waals surface area contributed by atoms with Gasteiger partial charge in [-0.3, -0.25) is 33.6 Å². The number of hydroxylamine groups is 2. The zero-order valence-corrected chi connectivity index (χ0v) is 34.2. The molecule has 0 spiro atoms. The third-order valence-corrected chi connectivity index (χ3v) is 9.92. The fourth-order valence-corrected chi connectivity index (χ4v) is 6.41. The Morgan fingerprint density at radius 3 is 1.79 bits per heavy atom. The molecule has 1 aliphatic heterocycles. The zero-order valence-electron chi connectivity index (χ0n) is 34.2. The van der Waals surface area contributed by atoms with Crippen LogP contribution in [-0.2, 0) is 35.2 Å². The summed E-state index contributed by atoms with van der Waals surface area (Å²) in [5.74, 6) is -3.09. The number of unbranched alkanes of at least 4 members (excludes halogenated alkanes) is 3. The van der Waals surface area contributed by atoms with E-state index < -0.39 is 65.7 Å². The summed E-state index contributed by atoms with van der Waals surface area (Å²) in [6.45, 7) is 8.42. The fourth-order valence-electron chi connectivity index (χ4n) is 6.41. The van der Waals surface area contributed by atoms with E-state index in [2.05, 4.69) is 57.8 Å². The number of aryl methyl sites for hydroxylation is 1. The molecule has 57 heavy (non-hydrogen) atoms. The van der Waals surface area contributed by atoms with Gasteiger partial charge in [-0.25, -0.2) is 5.06 Å². The highest BCUT2D eigenvalue weighted by Crippen LogP contribution is 2.21. The van der Waals surface area contributed by atoms with Crippen molar-refractivity contribution in [2.45, 2.75) is 122 Å². The average molecular weight is 793 g/mol. The standard InChI is InChI=1S/C42H64N8O7/c1-6-7-12-29-15-17-30(18-16-29)31-19-21-32(22-20-31)38(52)46-34(14-9-11-24-44)40(54)47-33(13-8-10-23-43)39(53)45-28(4)37(51)48-35(25-27(2)3)41(55)49-36-26-50(57-5)42(36)56/h15-22,27-28,33-36H,6-14,23-26,43-44H2,1-5H3,(H,45,53)(H,46,52)(H,47,54)(H,48,51)(H,49,55)/t28-,33-,34-,35-,36+/m0/s1. The second-order valence-electron chi connectivity index (χ2n) is 15.1. The molecule has 15 nitrogen and oxygen atoms in total. The van der Waals surface area contributed by atoms with Gasteiger partial charge in [-0.1, -0.05) is 63.6 Å². The minimum Gasteiger partial charge on any atom is -0.343 e. The molecule has 3 rings (SSSR count). The lowest BCUT2D eigenvalue weighted by atomic mass is 10.0. The maximum absolute atomic E-state index is 13.8. The molecule has 0 saturated carbocycles. The molecule has 0 aliphatic carbocycles. The molecule has 9 N–H and O–H groups in total. The molecule has 1 aliphatic rings. The van der Waals surface area contributed by atoms with Gasteiger partial charge in [-0.15, -0.1) is 0 Å². The van der Waals surface area contributed by atoms with Gasteiger partial charge in [0.1, 0.15) is 30.2 Å². The number of nitrogens with one attached hydrogen (secondary N) is 5. The number of benzene rings is 2. The van der Waals surface area contributed by atoms with Gasteiger partial charge in [0.05, 0.1) is 13.7 Å². The highest BCUT2D eigenvalue weighted by molar-refractivity contribution is 5.99. The van der Waals surface area contributed by atoms with Crippen molar-refractivity contribution in [3.8, 4) is 11.1 Å². The summed E-state index contributed by atoms with van der Waals surface area (Å²) in [5.41, 5.74) is 15.1. The number of nitrogens with zero attached hydrogens (tertiary/aromatic N) is 1. The number of carbonyl (C=O) groups is 6. The summed E-state index contributed by atoms with van der Waals surface area (Å²) in [4.78, 5) is 84.4. The zero-order chi connectivity index (χ0) is 41.9. The molecular weight excluding hydrogens is 729 g/mol. The Bertz CT molecular complexity index is 1620. The van der Waals surface area contributed by atoms with E-state index in [0.717, 1.165) is 35.5 Å². The molecule has 2 aromatic carbocycles. The smallest absolute Gasteiger partial charge is 0.270 e. The van der Waals surface area contributed by atoms with Gasteiger partial charge in [0, 0.05) is 5.56 Å². The Morgan fingerprint density at radius 2 is 1.26 bits per heavy atom. The summed E-state index contributed by atoms with van der Waals surface area (Å²) in [7, 11) is 1.36. The number of nitrogens with two attached hydrogens (primary N) is 2. The predicted molar refractivity (Wildman–Crippen MR) is 219 cm³/mol. The summed E-state index contributed by atoms with van der Waals surface area (Å²) in [5, 5.41) is 14.8. The van der Waals surface area contributed by atoms with Crippen LogP contribution in [0.5, 0.6) is 0 Å². The van der Waals surface area contributed by atoms with Crippen LogP contribution in [0.2, 0.25) is 0 Å². The minimum atomic E-state index is -1.08. The van der Waals surface area contributed by atoms with Crippen molar-refractivity contribution in [3.05, 3.63) is 59.7 Å². The Morgan fingerprint density at radius 1 is 0.719 bits per heavy atom.